The van der Waals surface area contributed by atoms with Crippen molar-refractivity contribution < 1.29 is 0 Å². The van der Waals surface area contributed by atoms with Gasteiger partial charge >= 0.3 is 0 Å². The highest BCUT2D eigenvalue weighted by Crippen LogP contribution is 2.34. The van der Waals surface area contributed by atoms with Crippen LogP contribution in [0, 0.1) is 13.8 Å². The summed E-state index contributed by atoms with van der Waals surface area (Å²) in [6.45, 7) is 6.34. The van der Waals surface area contributed by atoms with Gasteiger partial charge in [-0.05, 0) is 31.4 Å². The molecule has 0 aliphatic heterocycles. The number of aryl methyl sites for hydroxylation is 2. The molecule has 19 heavy (non-hydrogen) atoms. The highest BCUT2D eigenvalue weighted by atomic mass is 32.2. The standard InChI is InChI=1S/C15H21N3S/c1-4-6-11-10(3)18-13-9(2)7-5-8-12(13)14(11)19-15(16)17/h5,7-8,15H,4,6,16-17H2,1-3H3. The number of rotatable bonds is 4. The third-order valence-electron chi connectivity index (χ3n) is 3.23. The Kier molecular flexibility index (Phi) is 4.45. The highest BCUT2D eigenvalue weighted by Gasteiger charge is 2.15. The fraction of sp³-hybridized carbons (Fsp3) is 0.400. The van der Waals surface area contributed by atoms with E-state index < -0.39 is 5.50 Å². The van der Waals surface area contributed by atoms with Crippen LogP contribution < -0.4 is 11.5 Å². The molecule has 4 N–H and O–H groups in total. The van der Waals surface area contributed by atoms with Crippen molar-refractivity contribution in [3.8, 4) is 0 Å². The van der Waals surface area contributed by atoms with E-state index in [0.717, 1.165) is 24.1 Å². The maximum absolute atomic E-state index is 5.79. The van der Waals surface area contributed by atoms with E-state index in [1.165, 1.54) is 33.2 Å². The number of para-hydroxylation sites is 1. The zero-order valence-electron chi connectivity index (χ0n) is 11.7. The number of thioether (sulfide) groups is 1. The number of hydrogen-bond acceptors (Lipinski definition) is 4. The molecule has 102 valence electrons. The molecule has 4 heteroatoms. The van der Waals surface area contributed by atoms with E-state index in [9.17, 15) is 0 Å². The largest absolute Gasteiger partial charge is 0.307 e. The maximum Gasteiger partial charge on any atom is 0.105 e. The van der Waals surface area contributed by atoms with Crippen LogP contribution in [0.2, 0.25) is 0 Å². The average Bonchev–Trinajstić information content (AvgIpc) is 2.34. The molecule has 0 saturated heterocycles. The van der Waals surface area contributed by atoms with Crippen molar-refractivity contribution in [3.63, 3.8) is 0 Å². The summed E-state index contributed by atoms with van der Waals surface area (Å²) in [5, 5.41) is 1.17. The van der Waals surface area contributed by atoms with Crippen LogP contribution in [0.1, 0.15) is 30.2 Å². The molecule has 1 aromatic carbocycles. The van der Waals surface area contributed by atoms with Crippen LogP contribution in [-0.2, 0) is 6.42 Å². The van der Waals surface area contributed by atoms with Crippen LogP contribution in [0.25, 0.3) is 10.9 Å². The summed E-state index contributed by atoms with van der Waals surface area (Å²) in [6.07, 6.45) is 2.10. The number of benzene rings is 1. The molecule has 0 bridgehead atoms. The lowest BCUT2D eigenvalue weighted by Crippen LogP contribution is -2.26. The van der Waals surface area contributed by atoms with Gasteiger partial charge in [0, 0.05) is 16.0 Å². The first kappa shape index (κ1) is 14.3. The lowest BCUT2D eigenvalue weighted by molar-refractivity contribution is 0.879. The summed E-state index contributed by atoms with van der Waals surface area (Å²) >= 11 is 1.53. The van der Waals surface area contributed by atoms with Gasteiger partial charge in [-0.25, -0.2) is 0 Å². The van der Waals surface area contributed by atoms with Gasteiger partial charge in [0.25, 0.3) is 0 Å². The highest BCUT2D eigenvalue weighted by molar-refractivity contribution is 8.00. The second-order valence-corrected chi connectivity index (χ2v) is 6.00. The van der Waals surface area contributed by atoms with Crippen molar-refractivity contribution in [2.75, 3.05) is 0 Å². The number of nitrogens with zero attached hydrogens (tertiary/aromatic N) is 1. The minimum absolute atomic E-state index is 0.402. The molecule has 0 aliphatic carbocycles. The molecular weight excluding hydrogens is 254 g/mol. The molecule has 0 saturated carbocycles. The first-order chi connectivity index (χ1) is 9.04. The predicted octanol–water partition coefficient (Wildman–Crippen LogP) is 3.10. The zero-order valence-corrected chi connectivity index (χ0v) is 12.6. The first-order valence-electron chi connectivity index (χ1n) is 6.61. The van der Waals surface area contributed by atoms with Gasteiger partial charge in [-0.3, -0.25) is 4.98 Å². The van der Waals surface area contributed by atoms with Crippen molar-refractivity contribution in [3.05, 3.63) is 35.0 Å². The molecule has 0 aliphatic rings. The molecule has 1 aromatic heterocycles. The van der Waals surface area contributed by atoms with Crippen molar-refractivity contribution >= 4 is 22.7 Å². The van der Waals surface area contributed by atoms with Crippen molar-refractivity contribution in [1.82, 2.24) is 4.98 Å². The maximum atomic E-state index is 5.79. The third kappa shape index (κ3) is 2.91. The molecule has 1 heterocycles. The topological polar surface area (TPSA) is 64.9 Å². The minimum atomic E-state index is -0.402. The molecule has 0 fully saturated rings. The normalized spacial score (nSPS) is 11.5. The van der Waals surface area contributed by atoms with Gasteiger partial charge in [0.2, 0.25) is 0 Å². The average molecular weight is 275 g/mol. The monoisotopic (exact) mass is 275 g/mol. The predicted molar refractivity (Wildman–Crippen MR) is 83.2 cm³/mol. The Morgan fingerprint density at radius 2 is 2.00 bits per heavy atom. The number of nitrogens with two attached hydrogens (primary N) is 2. The molecule has 3 nitrogen and oxygen atoms in total. The quantitative estimate of drug-likeness (QED) is 0.665. The Balaban J connectivity index is 2.74. The summed E-state index contributed by atoms with van der Waals surface area (Å²) in [7, 11) is 0. The van der Waals surface area contributed by atoms with E-state index in [4.69, 9.17) is 16.5 Å². The molecule has 0 atom stereocenters. The second-order valence-electron chi connectivity index (χ2n) is 4.81. The van der Waals surface area contributed by atoms with Gasteiger partial charge in [-0.15, -0.1) is 0 Å². The van der Waals surface area contributed by atoms with Crippen LogP contribution in [0.3, 0.4) is 0 Å². The lowest BCUT2D eigenvalue weighted by Gasteiger charge is -2.17. The minimum Gasteiger partial charge on any atom is -0.307 e. The number of pyridine rings is 1. The van der Waals surface area contributed by atoms with Crippen LogP contribution in [0.15, 0.2) is 23.1 Å². The Morgan fingerprint density at radius 3 is 2.63 bits per heavy atom. The first-order valence-corrected chi connectivity index (χ1v) is 7.49. The SMILES string of the molecule is CCCc1c(C)nc2c(C)cccc2c1SC(N)N. The number of hydrogen-bond donors (Lipinski definition) is 2. The molecule has 0 unspecified atom stereocenters. The zero-order chi connectivity index (χ0) is 14.0. The molecule has 0 radical (unpaired) electrons. The van der Waals surface area contributed by atoms with E-state index in [1.807, 2.05) is 0 Å². The van der Waals surface area contributed by atoms with E-state index in [1.54, 1.807) is 0 Å². The Morgan fingerprint density at radius 1 is 1.26 bits per heavy atom. The van der Waals surface area contributed by atoms with E-state index in [2.05, 4.69) is 39.0 Å². The number of fused-ring (bicyclic) bond motifs is 1. The lowest BCUT2D eigenvalue weighted by atomic mass is 10.0. The third-order valence-corrected chi connectivity index (χ3v) is 4.20. The van der Waals surface area contributed by atoms with Gasteiger partial charge in [0.1, 0.15) is 5.50 Å². The Bertz CT molecular complexity index is 593. The van der Waals surface area contributed by atoms with Crippen molar-refractivity contribution in [2.45, 2.75) is 44.0 Å². The van der Waals surface area contributed by atoms with Crippen LogP contribution >= 0.6 is 11.8 Å². The van der Waals surface area contributed by atoms with Crippen LogP contribution in [-0.4, -0.2) is 10.5 Å². The van der Waals surface area contributed by atoms with E-state index >= 15 is 0 Å². The summed E-state index contributed by atoms with van der Waals surface area (Å²) in [6, 6.07) is 6.26. The van der Waals surface area contributed by atoms with Gasteiger partial charge in [0.05, 0.1) is 5.52 Å². The fourth-order valence-electron chi connectivity index (χ4n) is 2.37. The van der Waals surface area contributed by atoms with Gasteiger partial charge < -0.3 is 11.5 Å². The van der Waals surface area contributed by atoms with Gasteiger partial charge in [-0.2, -0.15) is 0 Å². The van der Waals surface area contributed by atoms with Gasteiger partial charge in [-0.1, -0.05) is 43.3 Å². The van der Waals surface area contributed by atoms with Crippen LogP contribution in [0.5, 0.6) is 0 Å². The van der Waals surface area contributed by atoms with Gasteiger partial charge in [0.15, 0.2) is 0 Å². The second kappa shape index (κ2) is 5.90. The Labute approximate surface area is 118 Å². The Hall–Kier alpha value is -1.10. The molecule has 2 aromatic rings. The molecular formula is C15H21N3S. The number of aromatic nitrogens is 1. The van der Waals surface area contributed by atoms with Crippen LogP contribution in [0.4, 0.5) is 0 Å². The summed E-state index contributed by atoms with van der Waals surface area (Å²) in [5.74, 6) is 0. The van der Waals surface area contributed by atoms with Crippen molar-refractivity contribution in [1.29, 1.82) is 0 Å². The molecule has 0 amide bonds. The summed E-state index contributed by atoms with van der Waals surface area (Å²) < 4.78 is 0. The van der Waals surface area contributed by atoms with Crippen molar-refractivity contribution in [2.24, 2.45) is 11.5 Å². The summed E-state index contributed by atoms with van der Waals surface area (Å²) in [4.78, 5) is 5.96. The van der Waals surface area contributed by atoms with E-state index in [-0.39, 0.29) is 0 Å². The summed E-state index contributed by atoms with van der Waals surface area (Å²) in [5.41, 5.74) is 15.8. The molecule has 0 spiro atoms. The molecule has 2 rings (SSSR count). The van der Waals surface area contributed by atoms with E-state index in [0.29, 0.717) is 0 Å². The fourth-order valence-corrected chi connectivity index (χ4v) is 3.32. The smallest absolute Gasteiger partial charge is 0.105 e.